The lowest BCUT2D eigenvalue weighted by molar-refractivity contribution is 0.128. The molecule has 4 rings (SSSR count). The van der Waals surface area contributed by atoms with E-state index in [0.29, 0.717) is 6.04 Å². The standard InChI is InChI=1S/C13H16N2/c1-2-7-15-11(6-1)9-4-3-5-10-13(9)12(15)8-14-10/h3-5,11-12,14H,1-2,6-8H2. The summed E-state index contributed by atoms with van der Waals surface area (Å²) in [6, 6.07) is 8.20. The Labute approximate surface area is 90.3 Å². The summed E-state index contributed by atoms with van der Waals surface area (Å²) in [5.41, 5.74) is 4.62. The Morgan fingerprint density at radius 1 is 1.20 bits per heavy atom. The van der Waals surface area contributed by atoms with Crippen molar-refractivity contribution in [3.8, 4) is 0 Å². The zero-order valence-corrected chi connectivity index (χ0v) is 8.87. The summed E-state index contributed by atoms with van der Waals surface area (Å²) >= 11 is 0. The Bertz CT molecular complexity index is 413. The van der Waals surface area contributed by atoms with Crippen LogP contribution in [-0.4, -0.2) is 18.0 Å². The van der Waals surface area contributed by atoms with Gasteiger partial charge < -0.3 is 5.32 Å². The molecular formula is C13H16N2. The molecule has 1 aromatic carbocycles. The number of anilines is 1. The van der Waals surface area contributed by atoms with E-state index in [0.717, 1.165) is 12.6 Å². The summed E-state index contributed by atoms with van der Waals surface area (Å²) in [5, 5.41) is 3.53. The van der Waals surface area contributed by atoms with Gasteiger partial charge in [0.25, 0.3) is 0 Å². The van der Waals surface area contributed by atoms with E-state index in [-0.39, 0.29) is 0 Å². The predicted octanol–water partition coefficient (Wildman–Crippen LogP) is 2.69. The molecule has 2 atom stereocenters. The Balaban J connectivity index is 1.91. The zero-order valence-electron chi connectivity index (χ0n) is 8.87. The van der Waals surface area contributed by atoms with Crippen LogP contribution in [0.1, 0.15) is 42.5 Å². The second kappa shape index (κ2) is 2.76. The fourth-order valence-electron chi connectivity index (χ4n) is 3.65. The smallest absolute Gasteiger partial charge is 0.0550 e. The van der Waals surface area contributed by atoms with E-state index in [4.69, 9.17) is 0 Å². The van der Waals surface area contributed by atoms with E-state index in [9.17, 15) is 0 Å². The third-order valence-electron chi connectivity index (χ3n) is 4.26. The third kappa shape index (κ3) is 0.932. The topological polar surface area (TPSA) is 15.3 Å². The van der Waals surface area contributed by atoms with Crippen LogP contribution in [0.25, 0.3) is 0 Å². The van der Waals surface area contributed by atoms with Crippen molar-refractivity contribution in [3.63, 3.8) is 0 Å². The van der Waals surface area contributed by atoms with Crippen LogP contribution in [0.15, 0.2) is 18.2 Å². The van der Waals surface area contributed by atoms with Crippen LogP contribution in [0.4, 0.5) is 5.69 Å². The zero-order chi connectivity index (χ0) is 9.83. The molecule has 0 radical (unpaired) electrons. The van der Waals surface area contributed by atoms with Crippen molar-refractivity contribution < 1.29 is 0 Å². The van der Waals surface area contributed by atoms with Crippen molar-refractivity contribution in [2.45, 2.75) is 31.3 Å². The fraction of sp³-hybridized carbons (Fsp3) is 0.538. The number of nitrogens with one attached hydrogen (secondary N) is 1. The second-order valence-corrected chi connectivity index (χ2v) is 4.95. The SMILES string of the molecule is c1cc2c3c(c1)C1CCCCN1C3CN2. The molecule has 1 saturated heterocycles. The Morgan fingerprint density at radius 2 is 2.20 bits per heavy atom. The molecule has 78 valence electrons. The molecule has 2 unspecified atom stereocenters. The van der Waals surface area contributed by atoms with E-state index in [1.54, 1.807) is 11.1 Å². The highest BCUT2D eigenvalue weighted by Crippen LogP contribution is 2.51. The van der Waals surface area contributed by atoms with Gasteiger partial charge in [-0.15, -0.1) is 0 Å². The van der Waals surface area contributed by atoms with Crippen LogP contribution in [0.5, 0.6) is 0 Å². The first-order valence-corrected chi connectivity index (χ1v) is 6.07. The summed E-state index contributed by atoms with van der Waals surface area (Å²) in [5.74, 6) is 0. The molecule has 1 aromatic rings. The maximum atomic E-state index is 3.53. The first-order chi connectivity index (χ1) is 7.45. The van der Waals surface area contributed by atoms with Crippen LogP contribution in [0, 0.1) is 0 Å². The predicted molar refractivity (Wildman–Crippen MR) is 61.0 cm³/mol. The molecular weight excluding hydrogens is 184 g/mol. The molecule has 2 heteroatoms. The van der Waals surface area contributed by atoms with Crippen LogP contribution in [0.2, 0.25) is 0 Å². The maximum absolute atomic E-state index is 3.53. The lowest BCUT2D eigenvalue weighted by Crippen LogP contribution is -2.32. The van der Waals surface area contributed by atoms with E-state index < -0.39 is 0 Å². The molecule has 3 aliphatic rings. The highest BCUT2D eigenvalue weighted by atomic mass is 15.2. The number of benzene rings is 1. The van der Waals surface area contributed by atoms with Crippen molar-refractivity contribution in [1.29, 1.82) is 0 Å². The minimum absolute atomic E-state index is 0.682. The average Bonchev–Trinajstić information content (AvgIpc) is 2.85. The lowest BCUT2D eigenvalue weighted by Gasteiger charge is -2.33. The molecule has 3 aliphatic heterocycles. The van der Waals surface area contributed by atoms with Crippen molar-refractivity contribution in [1.82, 2.24) is 4.90 Å². The van der Waals surface area contributed by atoms with Crippen molar-refractivity contribution in [2.75, 3.05) is 18.4 Å². The number of piperidine rings is 1. The van der Waals surface area contributed by atoms with Crippen molar-refractivity contribution in [3.05, 3.63) is 29.3 Å². The number of nitrogens with zero attached hydrogens (tertiary/aromatic N) is 1. The molecule has 0 amide bonds. The first kappa shape index (κ1) is 8.17. The van der Waals surface area contributed by atoms with Crippen molar-refractivity contribution >= 4 is 5.69 Å². The largest absolute Gasteiger partial charge is 0.383 e. The van der Waals surface area contributed by atoms with Crippen LogP contribution < -0.4 is 5.32 Å². The molecule has 2 nitrogen and oxygen atoms in total. The van der Waals surface area contributed by atoms with E-state index in [2.05, 4.69) is 28.4 Å². The lowest BCUT2D eigenvalue weighted by atomic mass is 9.97. The quantitative estimate of drug-likeness (QED) is 0.692. The van der Waals surface area contributed by atoms with Gasteiger partial charge in [0.05, 0.1) is 6.04 Å². The summed E-state index contributed by atoms with van der Waals surface area (Å²) in [6.45, 7) is 2.42. The first-order valence-electron chi connectivity index (χ1n) is 6.07. The van der Waals surface area contributed by atoms with Gasteiger partial charge in [-0.2, -0.15) is 0 Å². The van der Waals surface area contributed by atoms with E-state index >= 15 is 0 Å². The highest BCUT2D eigenvalue weighted by molar-refractivity contribution is 5.63. The fourth-order valence-corrected chi connectivity index (χ4v) is 3.65. The van der Waals surface area contributed by atoms with Gasteiger partial charge in [-0.05, 0) is 36.6 Å². The molecule has 0 aromatic heterocycles. The number of hydrogen-bond donors (Lipinski definition) is 1. The third-order valence-corrected chi connectivity index (χ3v) is 4.26. The number of hydrogen-bond acceptors (Lipinski definition) is 2. The minimum atomic E-state index is 0.682. The van der Waals surface area contributed by atoms with Gasteiger partial charge in [0.1, 0.15) is 0 Å². The highest BCUT2D eigenvalue weighted by Gasteiger charge is 2.42. The summed E-state index contributed by atoms with van der Waals surface area (Å²) in [6.07, 6.45) is 4.16. The molecule has 15 heavy (non-hydrogen) atoms. The van der Waals surface area contributed by atoms with Crippen molar-refractivity contribution in [2.24, 2.45) is 0 Å². The molecule has 0 aliphatic carbocycles. The molecule has 1 N–H and O–H groups in total. The minimum Gasteiger partial charge on any atom is -0.383 e. The summed E-state index contributed by atoms with van der Waals surface area (Å²) < 4.78 is 0. The van der Waals surface area contributed by atoms with E-state index in [1.165, 1.54) is 31.5 Å². The molecule has 0 saturated carbocycles. The van der Waals surface area contributed by atoms with Gasteiger partial charge in [0.15, 0.2) is 0 Å². The summed E-state index contributed by atoms with van der Waals surface area (Å²) in [7, 11) is 0. The monoisotopic (exact) mass is 200 g/mol. The molecule has 0 bridgehead atoms. The molecule has 3 heterocycles. The van der Waals surface area contributed by atoms with Gasteiger partial charge in [-0.1, -0.05) is 18.6 Å². The van der Waals surface area contributed by atoms with Gasteiger partial charge in [-0.25, -0.2) is 0 Å². The van der Waals surface area contributed by atoms with Gasteiger partial charge in [0.2, 0.25) is 0 Å². The Kier molecular flexibility index (Phi) is 1.50. The Hall–Kier alpha value is -1.02. The van der Waals surface area contributed by atoms with Gasteiger partial charge in [-0.3, -0.25) is 4.90 Å². The van der Waals surface area contributed by atoms with Crippen LogP contribution >= 0.6 is 0 Å². The average molecular weight is 200 g/mol. The normalized spacial score (nSPS) is 32.3. The van der Waals surface area contributed by atoms with Crippen LogP contribution in [0.3, 0.4) is 0 Å². The Morgan fingerprint density at radius 3 is 3.20 bits per heavy atom. The number of fused-ring (bicyclic) bond motifs is 3. The molecule has 0 spiro atoms. The van der Waals surface area contributed by atoms with Gasteiger partial charge >= 0.3 is 0 Å². The second-order valence-electron chi connectivity index (χ2n) is 4.95. The molecule has 1 fully saturated rings. The number of rotatable bonds is 0. The maximum Gasteiger partial charge on any atom is 0.0550 e. The van der Waals surface area contributed by atoms with Gasteiger partial charge in [0, 0.05) is 18.3 Å². The summed E-state index contributed by atoms with van der Waals surface area (Å²) in [4.78, 5) is 2.72. The van der Waals surface area contributed by atoms with Crippen LogP contribution in [-0.2, 0) is 0 Å². The van der Waals surface area contributed by atoms with E-state index in [1.807, 2.05) is 0 Å².